The molecule has 0 spiro atoms. The Morgan fingerprint density at radius 2 is 1.50 bits per heavy atom. The molecule has 2 amide bonds. The van der Waals surface area contributed by atoms with Crippen LogP contribution in [-0.2, 0) is 4.74 Å². The maximum absolute atomic E-state index is 12.9. The molecule has 3 aromatic rings. The summed E-state index contributed by atoms with van der Waals surface area (Å²) in [6.07, 6.45) is 0. The van der Waals surface area contributed by atoms with Crippen molar-refractivity contribution < 1.29 is 23.9 Å². The summed E-state index contributed by atoms with van der Waals surface area (Å²) in [6.45, 7) is 2.00. The number of esters is 1. The lowest BCUT2D eigenvalue weighted by atomic mass is 10.1. The lowest BCUT2D eigenvalue weighted by Gasteiger charge is -2.13. The van der Waals surface area contributed by atoms with E-state index in [0.717, 1.165) is 0 Å². The molecular weight excluding hydrogens is 432 g/mol. The second kappa shape index (κ2) is 10.5. The van der Waals surface area contributed by atoms with Gasteiger partial charge in [-0.1, -0.05) is 11.6 Å². The minimum absolute atomic E-state index is 0.189. The standard InChI is InChI=1S/C24H21ClN2O5/c1-3-32-24(30)16-4-9-18(10-5-16)26-23(29)20-14-17(25)8-13-21(20)27-22(28)15-6-11-19(31-2)12-7-15/h4-14H,3H2,1-2H3,(H,26,29)(H,27,28). The van der Waals surface area contributed by atoms with Gasteiger partial charge < -0.3 is 20.1 Å². The molecule has 8 heteroatoms. The van der Waals surface area contributed by atoms with Gasteiger partial charge in [0.05, 0.1) is 30.5 Å². The zero-order chi connectivity index (χ0) is 23.1. The summed E-state index contributed by atoms with van der Waals surface area (Å²) in [5.74, 6) is -0.671. The molecule has 0 aliphatic heterocycles. The fourth-order valence-corrected chi connectivity index (χ4v) is 3.02. The molecule has 0 atom stereocenters. The Bertz CT molecular complexity index is 1130. The van der Waals surface area contributed by atoms with Gasteiger partial charge >= 0.3 is 5.97 Å². The molecule has 0 saturated heterocycles. The fourth-order valence-electron chi connectivity index (χ4n) is 2.85. The van der Waals surface area contributed by atoms with Crippen LogP contribution in [0.25, 0.3) is 0 Å². The number of methoxy groups -OCH3 is 1. The maximum Gasteiger partial charge on any atom is 0.338 e. The quantitative estimate of drug-likeness (QED) is 0.490. The number of hydrogen-bond donors (Lipinski definition) is 2. The second-order valence-corrected chi connectivity index (χ2v) is 7.06. The Balaban J connectivity index is 1.77. The van der Waals surface area contributed by atoms with E-state index < -0.39 is 11.9 Å². The Labute approximate surface area is 190 Å². The largest absolute Gasteiger partial charge is 0.497 e. The summed E-state index contributed by atoms with van der Waals surface area (Å²) in [5, 5.41) is 5.81. The summed E-state index contributed by atoms with van der Waals surface area (Å²) < 4.78 is 10.0. The van der Waals surface area contributed by atoms with Crippen LogP contribution in [0.2, 0.25) is 5.02 Å². The third-order valence-corrected chi connectivity index (χ3v) is 4.72. The highest BCUT2D eigenvalue weighted by atomic mass is 35.5. The lowest BCUT2D eigenvalue weighted by molar-refractivity contribution is 0.0526. The molecule has 0 heterocycles. The van der Waals surface area contributed by atoms with Crippen molar-refractivity contribution in [1.82, 2.24) is 0 Å². The first kappa shape index (κ1) is 22.8. The van der Waals surface area contributed by atoms with Gasteiger partial charge in [-0.3, -0.25) is 9.59 Å². The SMILES string of the molecule is CCOC(=O)c1ccc(NC(=O)c2cc(Cl)ccc2NC(=O)c2ccc(OC)cc2)cc1. The number of ether oxygens (including phenoxy) is 2. The highest BCUT2D eigenvalue weighted by Crippen LogP contribution is 2.23. The van der Waals surface area contributed by atoms with Crippen molar-refractivity contribution in [2.75, 3.05) is 24.4 Å². The summed E-state index contributed by atoms with van der Waals surface area (Å²) >= 11 is 6.08. The molecule has 0 saturated carbocycles. The molecule has 0 bridgehead atoms. The molecule has 3 rings (SSSR count). The van der Waals surface area contributed by atoms with Crippen LogP contribution in [-0.4, -0.2) is 31.5 Å². The molecule has 0 aliphatic rings. The third-order valence-electron chi connectivity index (χ3n) is 4.48. The molecule has 7 nitrogen and oxygen atoms in total. The minimum Gasteiger partial charge on any atom is -0.497 e. The maximum atomic E-state index is 12.9. The number of anilines is 2. The number of halogens is 1. The predicted molar refractivity (Wildman–Crippen MR) is 123 cm³/mol. The van der Waals surface area contributed by atoms with Gasteiger partial charge in [0, 0.05) is 16.3 Å². The van der Waals surface area contributed by atoms with E-state index in [-0.39, 0.29) is 18.1 Å². The average molecular weight is 453 g/mol. The van der Waals surface area contributed by atoms with Gasteiger partial charge in [0.15, 0.2) is 0 Å². The van der Waals surface area contributed by atoms with Crippen LogP contribution in [0.1, 0.15) is 38.0 Å². The zero-order valence-corrected chi connectivity index (χ0v) is 18.2. The normalized spacial score (nSPS) is 10.2. The topological polar surface area (TPSA) is 93.7 Å². The van der Waals surface area contributed by atoms with Crippen molar-refractivity contribution in [2.24, 2.45) is 0 Å². The average Bonchev–Trinajstić information content (AvgIpc) is 2.80. The molecular formula is C24H21ClN2O5. The number of rotatable bonds is 7. The summed E-state index contributed by atoms with van der Waals surface area (Å²) in [4.78, 5) is 37.3. The van der Waals surface area contributed by atoms with E-state index >= 15 is 0 Å². The van der Waals surface area contributed by atoms with E-state index in [2.05, 4.69) is 10.6 Å². The summed E-state index contributed by atoms with van der Waals surface area (Å²) in [7, 11) is 1.54. The highest BCUT2D eigenvalue weighted by Gasteiger charge is 2.16. The van der Waals surface area contributed by atoms with E-state index in [0.29, 0.717) is 33.3 Å². The van der Waals surface area contributed by atoms with Crippen LogP contribution in [0.3, 0.4) is 0 Å². The summed E-state index contributed by atoms with van der Waals surface area (Å²) in [6, 6.07) is 17.5. The van der Waals surface area contributed by atoms with Crippen LogP contribution in [0, 0.1) is 0 Å². The molecule has 0 aliphatic carbocycles. The molecule has 3 aromatic carbocycles. The van der Waals surface area contributed by atoms with Crippen molar-refractivity contribution in [1.29, 1.82) is 0 Å². The second-order valence-electron chi connectivity index (χ2n) is 6.62. The molecule has 0 aromatic heterocycles. The van der Waals surface area contributed by atoms with Crippen LogP contribution >= 0.6 is 11.6 Å². The minimum atomic E-state index is -0.471. The number of hydrogen-bond acceptors (Lipinski definition) is 5. The van der Waals surface area contributed by atoms with Gasteiger partial charge in [-0.2, -0.15) is 0 Å². The van der Waals surface area contributed by atoms with Crippen molar-refractivity contribution in [3.8, 4) is 5.75 Å². The van der Waals surface area contributed by atoms with E-state index in [9.17, 15) is 14.4 Å². The van der Waals surface area contributed by atoms with Crippen LogP contribution < -0.4 is 15.4 Å². The number of amides is 2. The number of benzene rings is 3. The highest BCUT2D eigenvalue weighted by molar-refractivity contribution is 6.31. The third kappa shape index (κ3) is 5.65. The van der Waals surface area contributed by atoms with E-state index in [1.54, 1.807) is 67.6 Å². The molecule has 0 unspecified atom stereocenters. The fraction of sp³-hybridized carbons (Fsp3) is 0.125. The zero-order valence-electron chi connectivity index (χ0n) is 17.5. The van der Waals surface area contributed by atoms with E-state index in [1.165, 1.54) is 13.2 Å². The number of carbonyl (C=O) groups excluding carboxylic acids is 3. The first-order valence-corrected chi connectivity index (χ1v) is 10.1. The Kier molecular flexibility index (Phi) is 7.46. The van der Waals surface area contributed by atoms with Crippen molar-refractivity contribution in [3.05, 3.63) is 88.4 Å². The Morgan fingerprint density at radius 1 is 0.844 bits per heavy atom. The van der Waals surface area contributed by atoms with Gasteiger partial charge in [-0.05, 0) is 73.7 Å². The van der Waals surface area contributed by atoms with Gasteiger partial charge in [0.25, 0.3) is 11.8 Å². The van der Waals surface area contributed by atoms with Crippen molar-refractivity contribution in [3.63, 3.8) is 0 Å². The molecule has 164 valence electrons. The lowest BCUT2D eigenvalue weighted by Crippen LogP contribution is -2.18. The molecule has 2 N–H and O–H groups in total. The van der Waals surface area contributed by atoms with Crippen LogP contribution in [0.4, 0.5) is 11.4 Å². The van der Waals surface area contributed by atoms with E-state index in [1.807, 2.05) is 0 Å². The first-order valence-electron chi connectivity index (χ1n) is 9.74. The molecule has 0 radical (unpaired) electrons. The monoisotopic (exact) mass is 452 g/mol. The number of carbonyl (C=O) groups is 3. The molecule has 32 heavy (non-hydrogen) atoms. The van der Waals surface area contributed by atoms with Crippen molar-refractivity contribution >= 4 is 40.8 Å². The summed E-state index contributed by atoms with van der Waals surface area (Å²) in [5.41, 5.74) is 1.74. The Hall–Kier alpha value is -3.84. The predicted octanol–water partition coefficient (Wildman–Crippen LogP) is 5.03. The van der Waals surface area contributed by atoms with Gasteiger partial charge in [-0.15, -0.1) is 0 Å². The first-order chi connectivity index (χ1) is 15.4. The van der Waals surface area contributed by atoms with Crippen LogP contribution in [0.15, 0.2) is 66.7 Å². The van der Waals surface area contributed by atoms with Crippen LogP contribution in [0.5, 0.6) is 5.75 Å². The Morgan fingerprint density at radius 3 is 2.12 bits per heavy atom. The number of nitrogens with one attached hydrogen (secondary N) is 2. The smallest absolute Gasteiger partial charge is 0.338 e. The molecule has 0 fully saturated rings. The van der Waals surface area contributed by atoms with Crippen molar-refractivity contribution in [2.45, 2.75) is 6.92 Å². The van der Waals surface area contributed by atoms with E-state index in [4.69, 9.17) is 21.1 Å². The van der Waals surface area contributed by atoms with Gasteiger partial charge in [0.1, 0.15) is 5.75 Å². The van der Waals surface area contributed by atoms with Gasteiger partial charge in [-0.25, -0.2) is 4.79 Å². The van der Waals surface area contributed by atoms with Gasteiger partial charge in [0.2, 0.25) is 0 Å².